The minimum absolute atomic E-state index is 0.00986. The Labute approximate surface area is 79.2 Å². The van der Waals surface area contributed by atoms with Gasteiger partial charge in [0.15, 0.2) is 0 Å². The van der Waals surface area contributed by atoms with Crippen LogP contribution in [0.4, 0.5) is 4.39 Å². The Bertz CT molecular complexity index is 516. The molecule has 0 aliphatic heterocycles. The highest BCUT2D eigenvalue weighted by Gasteiger charge is 2.11. The quantitative estimate of drug-likeness (QED) is 0.730. The molecule has 0 radical (unpaired) electrons. The number of aromatic nitrogens is 1. The minimum Gasteiger partial charge on any atom is -0.478 e. The normalized spacial score (nSPS) is 10.7. The van der Waals surface area contributed by atoms with Gasteiger partial charge >= 0.3 is 5.97 Å². The van der Waals surface area contributed by atoms with Gasteiger partial charge in [-0.05, 0) is 25.1 Å². The maximum Gasteiger partial charge on any atom is 0.336 e. The molecule has 0 aliphatic carbocycles. The van der Waals surface area contributed by atoms with Crippen LogP contribution in [0.3, 0.4) is 0 Å². The largest absolute Gasteiger partial charge is 0.478 e. The zero-order valence-corrected chi connectivity index (χ0v) is 7.47. The van der Waals surface area contributed by atoms with Gasteiger partial charge in [0.1, 0.15) is 5.82 Å². The summed E-state index contributed by atoms with van der Waals surface area (Å²) in [4.78, 5) is 13.7. The average molecular weight is 193 g/mol. The molecule has 0 amide bonds. The van der Waals surface area contributed by atoms with Gasteiger partial charge in [-0.15, -0.1) is 0 Å². The summed E-state index contributed by atoms with van der Waals surface area (Å²) in [6.07, 6.45) is 0. The molecule has 14 heavy (non-hydrogen) atoms. The SMILES string of the molecule is Cc1cc2c(C(=O)O)cc(F)cc2[nH]1. The summed E-state index contributed by atoms with van der Waals surface area (Å²) in [6.45, 7) is 1.80. The summed E-state index contributed by atoms with van der Waals surface area (Å²) >= 11 is 0. The molecule has 0 unspecified atom stereocenters. The number of aryl methyl sites for hydroxylation is 1. The maximum atomic E-state index is 13.0. The number of H-pyrrole nitrogens is 1. The van der Waals surface area contributed by atoms with Crippen LogP contribution in [0, 0.1) is 12.7 Å². The molecular weight excluding hydrogens is 185 g/mol. The predicted molar refractivity (Wildman–Crippen MR) is 50.0 cm³/mol. The van der Waals surface area contributed by atoms with E-state index in [4.69, 9.17) is 5.11 Å². The fourth-order valence-electron chi connectivity index (χ4n) is 1.52. The first-order valence-electron chi connectivity index (χ1n) is 4.10. The molecule has 1 aromatic carbocycles. The van der Waals surface area contributed by atoms with Crippen molar-refractivity contribution in [1.82, 2.24) is 4.98 Å². The van der Waals surface area contributed by atoms with Crippen molar-refractivity contribution in [2.75, 3.05) is 0 Å². The molecule has 0 saturated heterocycles. The van der Waals surface area contributed by atoms with Crippen LogP contribution in [-0.4, -0.2) is 16.1 Å². The van der Waals surface area contributed by atoms with E-state index in [9.17, 15) is 9.18 Å². The smallest absolute Gasteiger partial charge is 0.336 e. The van der Waals surface area contributed by atoms with Gasteiger partial charge in [0.05, 0.1) is 5.56 Å². The van der Waals surface area contributed by atoms with Crippen molar-refractivity contribution in [3.63, 3.8) is 0 Å². The molecule has 4 heteroatoms. The number of hydrogen-bond donors (Lipinski definition) is 2. The van der Waals surface area contributed by atoms with Crippen LogP contribution in [-0.2, 0) is 0 Å². The number of aromatic amines is 1. The number of carbonyl (C=O) groups is 1. The average Bonchev–Trinajstić information content (AvgIpc) is 2.42. The summed E-state index contributed by atoms with van der Waals surface area (Å²) in [5.41, 5.74) is 1.32. The molecule has 2 aromatic rings. The lowest BCUT2D eigenvalue weighted by Crippen LogP contribution is -1.97. The van der Waals surface area contributed by atoms with Crippen molar-refractivity contribution in [2.45, 2.75) is 6.92 Å². The molecule has 0 bridgehead atoms. The second kappa shape index (κ2) is 2.83. The molecule has 2 N–H and O–H groups in total. The number of fused-ring (bicyclic) bond motifs is 1. The topological polar surface area (TPSA) is 53.1 Å². The Morgan fingerprint density at radius 2 is 2.14 bits per heavy atom. The highest BCUT2D eigenvalue weighted by Crippen LogP contribution is 2.21. The first kappa shape index (κ1) is 8.74. The summed E-state index contributed by atoms with van der Waals surface area (Å²) in [5, 5.41) is 9.37. The molecule has 0 saturated carbocycles. The number of aromatic carboxylic acids is 1. The molecule has 1 aromatic heterocycles. The third-order valence-electron chi connectivity index (χ3n) is 2.07. The first-order valence-corrected chi connectivity index (χ1v) is 4.10. The summed E-state index contributed by atoms with van der Waals surface area (Å²) in [6, 6.07) is 4.00. The van der Waals surface area contributed by atoms with Crippen LogP contribution in [0.2, 0.25) is 0 Å². The van der Waals surface area contributed by atoms with E-state index < -0.39 is 11.8 Å². The third kappa shape index (κ3) is 1.25. The molecular formula is C10H8FNO2. The van der Waals surface area contributed by atoms with E-state index in [1.54, 1.807) is 13.0 Å². The van der Waals surface area contributed by atoms with Gasteiger partial charge in [0.2, 0.25) is 0 Å². The van der Waals surface area contributed by atoms with Gasteiger partial charge in [0.25, 0.3) is 0 Å². The van der Waals surface area contributed by atoms with E-state index in [1.807, 2.05) is 0 Å². The van der Waals surface area contributed by atoms with Gasteiger partial charge in [-0.2, -0.15) is 0 Å². The van der Waals surface area contributed by atoms with Crippen LogP contribution in [0.15, 0.2) is 18.2 Å². The van der Waals surface area contributed by atoms with Crippen molar-refractivity contribution < 1.29 is 14.3 Å². The van der Waals surface area contributed by atoms with E-state index in [-0.39, 0.29) is 5.56 Å². The second-order valence-electron chi connectivity index (χ2n) is 3.17. The van der Waals surface area contributed by atoms with Gasteiger partial charge in [-0.3, -0.25) is 0 Å². The Morgan fingerprint density at radius 3 is 2.79 bits per heavy atom. The van der Waals surface area contributed by atoms with Crippen LogP contribution >= 0.6 is 0 Å². The number of halogens is 1. The predicted octanol–water partition coefficient (Wildman–Crippen LogP) is 2.31. The van der Waals surface area contributed by atoms with E-state index in [1.165, 1.54) is 6.07 Å². The zero-order valence-electron chi connectivity index (χ0n) is 7.47. The van der Waals surface area contributed by atoms with Gasteiger partial charge in [-0.1, -0.05) is 0 Å². The highest BCUT2D eigenvalue weighted by atomic mass is 19.1. The van der Waals surface area contributed by atoms with E-state index >= 15 is 0 Å². The lowest BCUT2D eigenvalue weighted by atomic mass is 10.1. The number of carboxylic acid groups (broad SMARTS) is 1. The minimum atomic E-state index is -1.12. The van der Waals surface area contributed by atoms with Gasteiger partial charge < -0.3 is 10.1 Å². The Morgan fingerprint density at radius 1 is 1.43 bits per heavy atom. The lowest BCUT2D eigenvalue weighted by molar-refractivity contribution is 0.0698. The number of rotatable bonds is 1. The first-order chi connectivity index (χ1) is 6.58. The summed E-state index contributed by atoms with van der Waals surface area (Å²) in [7, 11) is 0. The van der Waals surface area contributed by atoms with E-state index in [0.717, 1.165) is 11.8 Å². The molecule has 0 fully saturated rings. The third-order valence-corrected chi connectivity index (χ3v) is 2.07. The fraction of sp³-hybridized carbons (Fsp3) is 0.100. The lowest BCUT2D eigenvalue weighted by Gasteiger charge is -1.97. The molecule has 72 valence electrons. The summed E-state index contributed by atoms with van der Waals surface area (Å²) in [5.74, 6) is -1.66. The number of carboxylic acids is 1. The molecule has 0 atom stereocenters. The highest BCUT2D eigenvalue weighted by molar-refractivity contribution is 6.03. The number of nitrogens with one attached hydrogen (secondary N) is 1. The van der Waals surface area contributed by atoms with Crippen molar-refractivity contribution in [3.8, 4) is 0 Å². The second-order valence-corrected chi connectivity index (χ2v) is 3.17. The monoisotopic (exact) mass is 193 g/mol. The standard InChI is InChI=1S/C10H8FNO2/c1-5-2-7-8(10(13)14)3-6(11)4-9(7)12-5/h2-4,12H,1H3,(H,13,14). The molecule has 0 spiro atoms. The van der Waals surface area contributed by atoms with Gasteiger partial charge in [0, 0.05) is 16.6 Å². The van der Waals surface area contributed by atoms with Crippen LogP contribution in [0.1, 0.15) is 16.1 Å². The number of benzene rings is 1. The zero-order chi connectivity index (χ0) is 10.3. The number of hydrogen-bond acceptors (Lipinski definition) is 1. The van der Waals surface area contributed by atoms with Crippen molar-refractivity contribution in [2.24, 2.45) is 0 Å². The van der Waals surface area contributed by atoms with Crippen molar-refractivity contribution in [3.05, 3.63) is 35.3 Å². The molecule has 3 nitrogen and oxygen atoms in total. The maximum absolute atomic E-state index is 13.0. The molecule has 0 aliphatic rings. The summed E-state index contributed by atoms with van der Waals surface area (Å²) < 4.78 is 13.0. The van der Waals surface area contributed by atoms with E-state index in [2.05, 4.69) is 4.98 Å². The van der Waals surface area contributed by atoms with E-state index in [0.29, 0.717) is 10.9 Å². The van der Waals surface area contributed by atoms with Crippen LogP contribution in [0.5, 0.6) is 0 Å². The Kier molecular flexibility index (Phi) is 1.77. The molecule has 1 heterocycles. The fourth-order valence-corrected chi connectivity index (χ4v) is 1.52. The van der Waals surface area contributed by atoms with Crippen molar-refractivity contribution >= 4 is 16.9 Å². The van der Waals surface area contributed by atoms with Gasteiger partial charge in [-0.25, -0.2) is 9.18 Å². The van der Waals surface area contributed by atoms with Crippen LogP contribution in [0.25, 0.3) is 10.9 Å². The molecule has 2 rings (SSSR count). The van der Waals surface area contributed by atoms with Crippen molar-refractivity contribution in [1.29, 1.82) is 0 Å². The Balaban J connectivity index is 2.85. The Hall–Kier alpha value is -1.84. The van der Waals surface area contributed by atoms with Crippen LogP contribution < -0.4 is 0 Å².